The minimum absolute atomic E-state index is 0.104. The number of hydrogen-bond donors (Lipinski definition) is 1. The number of para-hydroxylation sites is 1. The molecule has 0 atom stereocenters. The molecule has 17 heavy (non-hydrogen) atoms. The monoisotopic (exact) mass is 232 g/mol. The van der Waals surface area contributed by atoms with Crippen LogP contribution in [-0.2, 0) is 0 Å². The zero-order valence-corrected chi connectivity index (χ0v) is 10.7. The van der Waals surface area contributed by atoms with E-state index in [9.17, 15) is 0 Å². The highest BCUT2D eigenvalue weighted by molar-refractivity contribution is 5.90. The van der Waals surface area contributed by atoms with Crippen LogP contribution >= 0.6 is 0 Å². The molecule has 0 bridgehead atoms. The standard InChI is InChI=1S/C14H20N2O/c1-14(2,9-15)10-16(3)12-8-17-13-7-5-4-6-11(12)13/h4-8H,9-10,15H2,1-3H3. The first kappa shape index (κ1) is 12.0. The molecule has 0 saturated heterocycles. The van der Waals surface area contributed by atoms with Crippen LogP contribution < -0.4 is 10.6 Å². The lowest BCUT2D eigenvalue weighted by molar-refractivity contribution is 0.385. The van der Waals surface area contributed by atoms with Crippen molar-refractivity contribution in [1.29, 1.82) is 0 Å². The van der Waals surface area contributed by atoms with Gasteiger partial charge in [-0.3, -0.25) is 0 Å². The Morgan fingerprint density at radius 3 is 2.71 bits per heavy atom. The molecule has 3 heteroatoms. The van der Waals surface area contributed by atoms with Crippen molar-refractivity contribution in [1.82, 2.24) is 0 Å². The van der Waals surface area contributed by atoms with Crippen LogP contribution in [0.25, 0.3) is 11.0 Å². The van der Waals surface area contributed by atoms with Gasteiger partial charge in [0.15, 0.2) is 0 Å². The summed E-state index contributed by atoms with van der Waals surface area (Å²) in [6, 6.07) is 8.09. The average molecular weight is 232 g/mol. The Hall–Kier alpha value is -1.48. The number of hydrogen-bond acceptors (Lipinski definition) is 3. The second-order valence-corrected chi connectivity index (χ2v) is 5.34. The van der Waals surface area contributed by atoms with Crippen molar-refractivity contribution in [3.05, 3.63) is 30.5 Å². The molecule has 3 nitrogen and oxygen atoms in total. The van der Waals surface area contributed by atoms with E-state index in [2.05, 4.69) is 31.9 Å². The predicted octanol–water partition coefficient (Wildman–Crippen LogP) is 2.85. The van der Waals surface area contributed by atoms with Crippen LogP contribution in [0.5, 0.6) is 0 Å². The Morgan fingerprint density at radius 1 is 1.29 bits per heavy atom. The Balaban J connectivity index is 2.28. The zero-order valence-electron chi connectivity index (χ0n) is 10.7. The molecule has 1 heterocycles. The highest BCUT2D eigenvalue weighted by atomic mass is 16.3. The van der Waals surface area contributed by atoms with Gasteiger partial charge in [-0.15, -0.1) is 0 Å². The lowest BCUT2D eigenvalue weighted by atomic mass is 9.93. The molecule has 2 N–H and O–H groups in total. The average Bonchev–Trinajstić information content (AvgIpc) is 2.72. The first-order chi connectivity index (χ1) is 8.03. The molecule has 0 fully saturated rings. The number of fused-ring (bicyclic) bond motifs is 1. The van der Waals surface area contributed by atoms with Crippen molar-refractivity contribution in [2.24, 2.45) is 11.1 Å². The summed E-state index contributed by atoms with van der Waals surface area (Å²) < 4.78 is 5.55. The van der Waals surface area contributed by atoms with Gasteiger partial charge in [-0.05, 0) is 24.1 Å². The Morgan fingerprint density at radius 2 is 2.00 bits per heavy atom. The summed E-state index contributed by atoms with van der Waals surface area (Å²) in [5, 5.41) is 1.16. The SMILES string of the molecule is CN(CC(C)(C)CN)c1coc2ccccc12. The lowest BCUT2D eigenvalue weighted by Gasteiger charge is -2.29. The topological polar surface area (TPSA) is 42.4 Å². The van der Waals surface area contributed by atoms with Gasteiger partial charge < -0.3 is 15.1 Å². The summed E-state index contributed by atoms with van der Waals surface area (Å²) in [6.07, 6.45) is 1.82. The molecule has 0 unspecified atom stereocenters. The third kappa shape index (κ3) is 2.44. The normalized spacial score (nSPS) is 12.0. The maximum absolute atomic E-state index is 5.77. The molecule has 0 saturated carbocycles. The van der Waals surface area contributed by atoms with Crippen molar-refractivity contribution in [2.75, 3.05) is 25.0 Å². The van der Waals surface area contributed by atoms with Crippen molar-refractivity contribution < 1.29 is 4.42 Å². The second-order valence-electron chi connectivity index (χ2n) is 5.34. The minimum atomic E-state index is 0.104. The van der Waals surface area contributed by atoms with E-state index in [0.717, 1.165) is 23.2 Å². The molecule has 92 valence electrons. The number of furan rings is 1. The summed E-state index contributed by atoms with van der Waals surface area (Å²) in [6.45, 7) is 5.93. The van der Waals surface area contributed by atoms with Crippen molar-refractivity contribution in [2.45, 2.75) is 13.8 Å². The van der Waals surface area contributed by atoms with Gasteiger partial charge in [-0.25, -0.2) is 0 Å². The first-order valence-electron chi connectivity index (χ1n) is 5.91. The van der Waals surface area contributed by atoms with E-state index in [-0.39, 0.29) is 5.41 Å². The molecule has 0 aliphatic carbocycles. The van der Waals surface area contributed by atoms with Gasteiger partial charge in [0.25, 0.3) is 0 Å². The molecule has 0 amide bonds. The van der Waals surface area contributed by atoms with Crippen LogP contribution in [0.3, 0.4) is 0 Å². The quantitative estimate of drug-likeness (QED) is 0.881. The summed E-state index contributed by atoms with van der Waals surface area (Å²) >= 11 is 0. The minimum Gasteiger partial charge on any atom is -0.462 e. The van der Waals surface area contributed by atoms with E-state index in [1.54, 1.807) is 0 Å². The lowest BCUT2D eigenvalue weighted by Crippen LogP contribution is -2.36. The molecule has 2 rings (SSSR count). The third-order valence-corrected chi connectivity index (χ3v) is 3.09. The maximum atomic E-state index is 5.77. The fourth-order valence-electron chi connectivity index (χ4n) is 2.05. The molecule has 1 aromatic heterocycles. The van der Waals surface area contributed by atoms with E-state index in [4.69, 9.17) is 10.2 Å². The van der Waals surface area contributed by atoms with Crippen LogP contribution in [-0.4, -0.2) is 20.1 Å². The molecular formula is C14H20N2O. The Bertz CT molecular complexity index is 502. The number of nitrogens with zero attached hydrogens (tertiary/aromatic N) is 1. The molecule has 1 aromatic carbocycles. The van der Waals surface area contributed by atoms with E-state index >= 15 is 0 Å². The number of rotatable bonds is 4. The first-order valence-corrected chi connectivity index (χ1v) is 5.91. The van der Waals surface area contributed by atoms with Crippen LogP contribution in [0, 0.1) is 5.41 Å². The predicted molar refractivity (Wildman–Crippen MR) is 72.3 cm³/mol. The molecule has 2 aromatic rings. The fraction of sp³-hybridized carbons (Fsp3) is 0.429. The summed E-state index contributed by atoms with van der Waals surface area (Å²) in [7, 11) is 2.08. The van der Waals surface area contributed by atoms with Crippen LogP contribution in [0.2, 0.25) is 0 Å². The van der Waals surface area contributed by atoms with Crippen LogP contribution in [0.4, 0.5) is 5.69 Å². The van der Waals surface area contributed by atoms with Gasteiger partial charge in [0.05, 0.1) is 5.69 Å². The van der Waals surface area contributed by atoms with Crippen LogP contribution in [0.15, 0.2) is 34.9 Å². The number of nitrogens with two attached hydrogens (primary N) is 1. The van der Waals surface area contributed by atoms with Gasteiger partial charge in [-0.2, -0.15) is 0 Å². The molecule has 0 spiro atoms. The molecule has 0 radical (unpaired) electrons. The van der Waals surface area contributed by atoms with E-state index in [1.165, 1.54) is 0 Å². The Kier molecular flexibility index (Phi) is 3.11. The van der Waals surface area contributed by atoms with Gasteiger partial charge >= 0.3 is 0 Å². The molecular weight excluding hydrogens is 212 g/mol. The summed E-state index contributed by atoms with van der Waals surface area (Å²) in [5.41, 5.74) is 7.93. The summed E-state index contributed by atoms with van der Waals surface area (Å²) in [4.78, 5) is 2.21. The van der Waals surface area contributed by atoms with Gasteiger partial charge in [0.2, 0.25) is 0 Å². The van der Waals surface area contributed by atoms with Crippen molar-refractivity contribution in [3.8, 4) is 0 Å². The van der Waals surface area contributed by atoms with E-state index in [1.807, 2.05) is 24.5 Å². The number of anilines is 1. The summed E-state index contributed by atoms with van der Waals surface area (Å²) in [5.74, 6) is 0. The maximum Gasteiger partial charge on any atom is 0.136 e. The fourth-order valence-corrected chi connectivity index (χ4v) is 2.05. The molecule has 0 aliphatic heterocycles. The second kappa shape index (κ2) is 4.41. The Labute approximate surface area is 102 Å². The van der Waals surface area contributed by atoms with Crippen molar-refractivity contribution in [3.63, 3.8) is 0 Å². The van der Waals surface area contributed by atoms with Gasteiger partial charge in [-0.1, -0.05) is 26.0 Å². The zero-order chi connectivity index (χ0) is 12.5. The largest absolute Gasteiger partial charge is 0.462 e. The van der Waals surface area contributed by atoms with E-state index < -0.39 is 0 Å². The molecule has 0 aliphatic rings. The van der Waals surface area contributed by atoms with E-state index in [0.29, 0.717) is 6.54 Å². The van der Waals surface area contributed by atoms with Gasteiger partial charge in [0.1, 0.15) is 11.8 Å². The van der Waals surface area contributed by atoms with Crippen molar-refractivity contribution >= 4 is 16.7 Å². The van der Waals surface area contributed by atoms with Gasteiger partial charge in [0, 0.05) is 19.0 Å². The smallest absolute Gasteiger partial charge is 0.136 e. The number of benzene rings is 1. The highest BCUT2D eigenvalue weighted by Gasteiger charge is 2.20. The highest BCUT2D eigenvalue weighted by Crippen LogP contribution is 2.29. The van der Waals surface area contributed by atoms with Crippen LogP contribution in [0.1, 0.15) is 13.8 Å². The third-order valence-electron chi connectivity index (χ3n) is 3.09.